The summed E-state index contributed by atoms with van der Waals surface area (Å²) in [4.78, 5) is 26.5. The third kappa shape index (κ3) is 5.88. The maximum Gasteiger partial charge on any atom is 0.309 e. The number of hydrogen-bond donors (Lipinski definition) is 2. The number of carboxylic acids is 1. The van der Waals surface area contributed by atoms with Crippen LogP contribution < -0.4 is 10.1 Å². The Bertz CT molecular complexity index is 690. The average Bonchev–Trinajstić information content (AvgIpc) is 2.91. The molecule has 0 fully saturated rings. The van der Waals surface area contributed by atoms with E-state index in [1.165, 1.54) is 11.3 Å². The number of thiazole rings is 1. The summed E-state index contributed by atoms with van der Waals surface area (Å²) in [6.45, 7) is 0.648. The van der Waals surface area contributed by atoms with E-state index >= 15 is 0 Å². The fourth-order valence-electron chi connectivity index (χ4n) is 1.78. The van der Waals surface area contributed by atoms with Gasteiger partial charge in [-0.1, -0.05) is 23.7 Å². The third-order valence-electron chi connectivity index (χ3n) is 2.76. The first-order valence-electron chi connectivity index (χ1n) is 6.83. The maximum atomic E-state index is 11.8. The Morgan fingerprint density at radius 1 is 1.30 bits per heavy atom. The molecule has 0 radical (unpaired) electrons. The Hall–Kier alpha value is -2.12. The Morgan fingerprint density at radius 2 is 2.09 bits per heavy atom. The van der Waals surface area contributed by atoms with E-state index in [2.05, 4.69) is 10.3 Å². The van der Waals surface area contributed by atoms with Crippen LogP contribution in [0.25, 0.3) is 0 Å². The van der Waals surface area contributed by atoms with Gasteiger partial charge in [-0.3, -0.25) is 9.59 Å². The molecule has 0 saturated carbocycles. The number of ether oxygens (including phenoxy) is 1. The highest BCUT2D eigenvalue weighted by Crippen LogP contribution is 2.22. The zero-order chi connectivity index (χ0) is 16.7. The van der Waals surface area contributed by atoms with Crippen LogP contribution in [0.1, 0.15) is 10.7 Å². The van der Waals surface area contributed by atoms with E-state index in [4.69, 9.17) is 21.4 Å². The second-order valence-corrected chi connectivity index (χ2v) is 5.96. The first-order valence-corrected chi connectivity index (χ1v) is 8.09. The van der Waals surface area contributed by atoms with Gasteiger partial charge in [-0.25, -0.2) is 4.98 Å². The van der Waals surface area contributed by atoms with Gasteiger partial charge in [0.2, 0.25) is 5.91 Å². The molecule has 1 amide bonds. The molecule has 1 heterocycles. The molecule has 0 saturated heterocycles. The summed E-state index contributed by atoms with van der Waals surface area (Å²) in [5.41, 5.74) is 0.465. The lowest BCUT2D eigenvalue weighted by Crippen LogP contribution is -2.29. The first kappa shape index (κ1) is 17.2. The second-order valence-electron chi connectivity index (χ2n) is 4.61. The number of carbonyl (C=O) groups excluding carboxylic acids is 1. The molecule has 2 aromatic rings. The monoisotopic (exact) mass is 354 g/mol. The highest BCUT2D eigenvalue weighted by Gasteiger charge is 2.10. The van der Waals surface area contributed by atoms with Crippen molar-refractivity contribution in [1.29, 1.82) is 0 Å². The molecule has 8 heteroatoms. The zero-order valence-corrected chi connectivity index (χ0v) is 13.7. The van der Waals surface area contributed by atoms with Gasteiger partial charge in [-0.05, 0) is 12.1 Å². The minimum Gasteiger partial charge on any atom is -0.490 e. The van der Waals surface area contributed by atoms with Crippen molar-refractivity contribution in [1.82, 2.24) is 10.3 Å². The molecule has 1 aromatic heterocycles. The Balaban J connectivity index is 1.70. The molecule has 2 rings (SSSR count). The summed E-state index contributed by atoms with van der Waals surface area (Å²) in [6.07, 6.45) is -0.0137. The molecule has 0 aliphatic carbocycles. The van der Waals surface area contributed by atoms with Crippen molar-refractivity contribution < 1.29 is 19.4 Å². The smallest absolute Gasteiger partial charge is 0.309 e. The standard InChI is InChI=1S/C15H15ClN2O4S/c16-11-3-1-2-4-12(11)22-6-5-17-13(19)8-14-18-10(9-23-14)7-15(20)21/h1-4,9H,5-8H2,(H,17,19)(H,20,21). The minimum atomic E-state index is -0.942. The largest absolute Gasteiger partial charge is 0.490 e. The number of hydrogen-bond acceptors (Lipinski definition) is 5. The molecule has 1 aromatic carbocycles. The number of aromatic nitrogens is 1. The van der Waals surface area contributed by atoms with E-state index in [0.29, 0.717) is 34.6 Å². The average molecular weight is 355 g/mol. The van der Waals surface area contributed by atoms with Crippen LogP contribution in [0.4, 0.5) is 0 Å². The third-order valence-corrected chi connectivity index (χ3v) is 3.97. The molecule has 23 heavy (non-hydrogen) atoms. The lowest BCUT2D eigenvalue weighted by molar-refractivity contribution is -0.136. The fourth-order valence-corrected chi connectivity index (χ4v) is 2.76. The first-order chi connectivity index (χ1) is 11.0. The molecule has 2 N–H and O–H groups in total. The number of halogens is 1. The van der Waals surface area contributed by atoms with Crippen molar-refractivity contribution in [3.63, 3.8) is 0 Å². The van der Waals surface area contributed by atoms with Crippen LogP contribution >= 0.6 is 22.9 Å². The number of carbonyl (C=O) groups is 2. The van der Waals surface area contributed by atoms with Crippen molar-refractivity contribution in [2.24, 2.45) is 0 Å². The number of nitrogens with one attached hydrogen (secondary N) is 1. The van der Waals surface area contributed by atoms with Crippen molar-refractivity contribution >= 4 is 34.8 Å². The summed E-state index contributed by atoms with van der Waals surface area (Å²) in [7, 11) is 0. The van der Waals surface area contributed by atoms with Gasteiger partial charge in [-0.15, -0.1) is 11.3 Å². The number of nitrogens with zero attached hydrogens (tertiary/aromatic N) is 1. The topological polar surface area (TPSA) is 88.5 Å². The summed E-state index contributed by atoms with van der Waals surface area (Å²) in [6, 6.07) is 7.11. The highest BCUT2D eigenvalue weighted by molar-refractivity contribution is 7.09. The van der Waals surface area contributed by atoms with Gasteiger partial charge in [0.15, 0.2) is 0 Å². The zero-order valence-electron chi connectivity index (χ0n) is 12.1. The molecule has 6 nitrogen and oxygen atoms in total. The highest BCUT2D eigenvalue weighted by atomic mass is 35.5. The molecule has 0 bridgehead atoms. The number of benzene rings is 1. The van der Waals surface area contributed by atoms with Crippen LogP contribution in [0.5, 0.6) is 5.75 Å². The van der Waals surface area contributed by atoms with E-state index in [-0.39, 0.29) is 18.7 Å². The van der Waals surface area contributed by atoms with E-state index in [1.807, 2.05) is 12.1 Å². The predicted octanol–water partition coefficient (Wildman–Crippen LogP) is 2.16. The Morgan fingerprint density at radius 3 is 2.83 bits per heavy atom. The fraction of sp³-hybridized carbons (Fsp3) is 0.267. The van der Waals surface area contributed by atoms with Crippen LogP contribution in [0.15, 0.2) is 29.6 Å². The van der Waals surface area contributed by atoms with E-state index in [1.54, 1.807) is 17.5 Å². The number of carboxylic acid groups (broad SMARTS) is 1. The lowest BCUT2D eigenvalue weighted by Gasteiger charge is -2.08. The number of rotatable bonds is 8. The molecule has 0 aliphatic heterocycles. The Labute approximate surface area is 142 Å². The van der Waals surface area contributed by atoms with Crippen LogP contribution in [0, 0.1) is 0 Å². The predicted molar refractivity (Wildman–Crippen MR) is 87.1 cm³/mol. The lowest BCUT2D eigenvalue weighted by atomic mass is 10.3. The number of aliphatic carboxylic acids is 1. The normalized spacial score (nSPS) is 10.3. The van der Waals surface area contributed by atoms with Crippen LogP contribution in [0.3, 0.4) is 0 Å². The van der Waals surface area contributed by atoms with Crippen molar-refractivity contribution in [2.75, 3.05) is 13.2 Å². The van der Waals surface area contributed by atoms with Gasteiger partial charge in [-0.2, -0.15) is 0 Å². The Kier molecular flexibility index (Phi) is 6.37. The van der Waals surface area contributed by atoms with E-state index in [9.17, 15) is 9.59 Å². The summed E-state index contributed by atoms with van der Waals surface area (Å²) in [5.74, 6) is -0.561. The van der Waals surface area contributed by atoms with Gasteiger partial charge in [0.25, 0.3) is 0 Å². The quantitative estimate of drug-likeness (QED) is 0.709. The number of para-hydroxylation sites is 1. The van der Waals surface area contributed by atoms with E-state index < -0.39 is 5.97 Å². The maximum absolute atomic E-state index is 11.8. The minimum absolute atomic E-state index is 0.121. The second kappa shape index (κ2) is 8.50. The van der Waals surface area contributed by atoms with E-state index in [0.717, 1.165) is 0 Å². The van der Waals surface area contributed by atoms with Gasteiger partial charge in [0, 0.05) is 5.38 Å². The van der Waals surface area contributed by atoms with Crippen molar-refractivity contribution in [2.45, 2.75) is 12.8 Å². The van der Waals surface area contributed by atoms with Gasteiger partial charge < -0.3 is 15.2 Å². The molecule has 122 valence electrons. The SMILES string of the molecule is O=C(O)Cc1csc(CC(=O)NCCOc2ccccc2Cl)n1. The molecular weight excluding hydrogens is 340 g/mol. The van der Waals surface area contributed by atoms with Crippen LogP contribution in [-0.2, 0) is 22.4 Å². The molecule has 0 unspecified atom stereocenters. The summed E-state index contributed by atoms with van der Waals surface area (Å²) >= 11 is 7.22. The van der Waals surface area contributed by atoms with Gasteiger partial charge in [0.05, 0.1) is 30.1 Å². The summed E-state index contributed by atoms with van der Waals surface area (Å²) in [5, 5.41) is 14.2. The van der Waals surface area contributed by atoms with Crippen molar-refractivity contribution in [3.05, 3.63) is 45.4 Å². The molecule has 0 atom stereocenters. The molecule has 0 spiro atoms. The number of amides is 1. The molecule has 0 aliphatic rings. The summed E-state index contributed by atoms with van der Waals surface area (Å²) < 4.78 is 5.46. The van der Waals surface area contributed by atoms with Crippen LogP contribution in [-0.4, -0.2) is 35.1 Å². The van der Waals surface area contributed by atoms with Gasteiger partial charge >= 0.3 is 5.97 Å². The van der Waals surface area contributed by atoms with Gasteiger partial charge in [0.1, 0.15) is 17.4 Å². The molecular formula is C15H15ClN2O4S. The van der Waals surface area contributed by atoms with Crippen molar-refractivity contribution in [3.8, 4) is 5.75 Å². The van der Waals surface area contributed by atoms with Crippen LogP contribution in [0.2, 0.25) is 5.02 Å².